The van der Waals surface area contributed by atoms with Crippen molar-refractivity contribution < 1.29 is 9.66 Å². The summed E-state index contributed by atoms with van der Waals surface area (Å²) in [6.07, 6.45) is 2.34. The Bertz CT molecular complexity index is 922. The lowest BCUT2D eigenvalue weighted by Crippen LogP contribution is -2.10. The van der Waals surface area contributed by atoms with Gasteiger partial charge in [-0.3, -0.25) is 14.8 Å². The largest absolute Gasteiger partial charge is 0.483 e. The number of benzene rings is 1. The number of thioether (sulfide) groups is 1. The number of rotatable bonds is 7. The highest BCUT2D eigenvalue weighted by atomic mass is 32.2. The number of aromatic nitrogens is 5. The summed E-state index contributed by atoms with van der Waals surface area (Å²) < 4.78 is 9.28. The van der Waals surface area contributed by atoms with Crippen LogP contribution < -0.4 is 4.74 Å². The first-order valence-corrected chi connectivity index (χ1v) is 8.85. The van der Waals surface area contributed by atoms with Crippen molar-refractivity contribution in [2.75, 3.05) is 0 Å². The van der Waals surface area contributed by atoms with Crippen molar-refractivity contribution >= 4 is 17.4 Å². The molecule has 2 heterocycles. The molecule has 10 heteroatoms. The first kappa shape index (κ1) is 17.9. The van der Waals surface area contributed by atoms with Gasteiger partial charge in [0.1, 0.15) is 18.1 Å². The minimum absolute atomic E-state index is 0.0376. The predicted molar refractivity (Wildman–Crippen MR) is 96.0 cm³/mol. The molecule has 0 spiro atoms. The van der Waals surface area contributed by atoms with Crippen LogP contribution in [-0.2, 0) is 12.9 Å². The van der Waals surface area contributed by atoms with E-state index >= 15 is 0 Å². The van der Waals surface area contributed by atoms with Gasteiger partial charge in [-0.2, -0.15) is 5.10 Å². The van der Waals surface area contributed by atoms with Crippen LogP contribution in [-0.4, -0.2) is 29.5 Å². The van der Waals surface area contributed by atoms with E-state index in [1.807, 2.05) is 49.7 Å². The molecule has 0 saturated carbocycles. The van der Waals surface area contributed by atoms with E-state index in [2.05, 4.69) is 15.3 Å². The minimum Gasteiger partial charge on any atom is -0.483 e. The Labute approximate surface area is 154 Å². The molecule has 0 fully saturated rings. The van der Waals surface area contributed by atoms with Crippen LogP contribution >= 0.6 is 11.8 Å². The Morgan fingerprint density at radius 3 is 2.88 bits per heavy atom. The summed E-state index contributed by atoms with van der Waals surface area (Å²) in [5.41, 5.74) is 1.08. The van der Waals surface area contributed by atoms with Crippen molar-refractivity contribution in [3.63, 3.8) is 0 Å². The molecule has 26 heavy (non-hydrogen) atoms. The molecular formula is C16H18N6O3S. The molecule has 0 aliphatic heterocycles. The molecule has 3 aromatic rings. The fraction of sp³-hybridized carbons (Fsp3) is 0.312. The molecule has 0 radical (unpaired) electrons. The second-order valence-corrected chi connectivity index (χ2v) is 6.66. The average Bonchev–Trinajstić information content (AvgIpc) is 3.20. The van der Waals surface area contributed by atoms with E-state index in [4.69, 9.17) is 4.74 Å². The molecule has 0 aliphatic rings. The van der Waals surface area contributed by atoms with E-state index in [-0.39, 0.29) is 11.8 Å². The topological polar surface area (TPSA) is 101 Å². The quantitative estimate of drug-likeness (QED) is 0.356. The summed E-state index contributed by atoms with van der Waals surface area (Å²) in [6, 6.07) is 7.82. The van der Waals surface area contributed by atoms with Crippen molar-refractivity contribution in [3.8, 4) is 5.75 Å². The number of nitrogens with zero attached hydrogens (tertiary/aromatic N) is 6. The van der Waals surface area contributed by atoms with Gasteiger partial charge in [0, 0.05) is 7.05 Å². The number of hydrogen-bond acceptors (Lipinski definition) is 7. The highest BCUT2D eigenvalue weighted by Crippen LogP contribution is 2.25. The van der Waals surface area contributed by atoms with Gasteiger partial charge >= 0.3 is 5.69 Å². The Hall–Kier alpha value is -2.88. The van der Waals surface area contributed by atoms with E-state index in [0.29, 0.717) is 16.9 Å². The van der Waals surface area contributed by atoms with E-state index in [0.717, 1.165) is 11.3 Å². The number of hydrogen-bond donors (Lipinski definition) is 0. The Morgan fingerprint density at radius 1 is 1.38 bits per heavy atom. The number of nitro groups is 1. The van der Waals surface area contributed by atoms with Gasteiger partial charge in [0.25, 0.3) is 0 Å². The second kappa shape index (κ2) is 7.56. The molecular weight excluding hydrogens is 356 g/mol. The molecule has 0 aliphatic carbocycles. The van der Waals surface area contributed by atoms with Crippen LogP contribution in [0.1, 0.15) is 24.4 Å². The molecule has 1 atom stereocenters. The van der Waals surface area contributed by atoms with Gasteiger partial charge in [-0.05, 0) is 31.5 Å². The summed E-state index contributed by atoms with van der Waals surface area (Å²) in [5.74, 6) is 1.87. The zero-order valence-electron chi connectivity index (χ0n) is 14.6. The minimum atomic E-state index is -0.473. The van der Waals surface area contributed by atoms with Gasteiger partial charge in [-0.15, -0.1) is 10.2 Å². The average molecular weight is 374 g/mol. The summed E-state index contributed by atoms with van der Waals surface area (Å²) in [6.45, 7) is 3.92. The molecule has 0 N–H and O–H groups in total. The molecule has 0 bridgehead atoms. The summed E-state index contributed by atoms with van der Waals surface area (Å²) in [4.78, 5) is 10.2. The fourth-order valence-electron chi connectivity index (χ4n) is 2.39. The number of aryl methyl sites for hydroxylation is 1. The highest BCUT2D eigenvalue weighted by molar-refractivity contribution is 7.98. The van der Waals surface area contributed by atoms with Crippen LogP contribution in [0.5, 0.6) is 5.75 Å². The van der Waals surface area contributed by atoms with Crippen LogP contribution in [0, 0.1) is 17.0 Å². The van der Waals surface area contributed by atoms with Gasteiger partial charge < -0.3 is 9.30 Å². The van der Waals surface area contributed by atoms with E-state index in [9.17, 15) is 10.1 Å². The monoisotopic (exact) mass is 374 g/mol. The van der Waals surface area contributed by atoms with Crippen LogP contribution in [0.4, 0.5) is 5.69 Å². The normalized spacial score (nSPS) is 12.1. The molecule has 2 aromatic heterocycles. The first-order valence-electron chi connectivity index (χ1n) is 7.86. The molecule has 0 saturated heterocycles. The summed E-state index contributed by atoms with van der Waals surface area (Å²) in [7, 11) is 1.86. The van der Waals surface area contributed by atoms with Gasteiger partial charge in [-0.1, -0.05) is 23.9 Å². The smallest absolute Gasteiger partial charge is 0.307 e. The maximum atomic E-state index is 10.7. The molecule has 136 valence electrons. The number of ether oxygens (including phenoxy) is 1. The zero-order valence-corrected chi connectivity index (χ0v) is 15.4. The predicted octanol–water partition coefficient (Wildman–Crippen LogP) is 3.12. The van der Waals surface area contributed by atoms with Crippen molar-refractivity contribution in [1.82, 2.24) is 24.5 Å². The lowest BCUT2D eigenvalue weighted by Gasteiger charge is -2.14. The van der Waals surface area contributed by atoms with Gasteiger partial charge in [-0.25, -0.2) is 0 Å². The summed E-state index contributed by atoms with van der Waals surface area (Å²) >= 11 is 1.38. The van der Waals surface area contributed by atoms with E-state index < -0.39 is 4.92 Å². The lowest BCUT2D eigenvalue weighted by atomic mass is 10.2. The maximum absolute atomic E-state index is 10.7. The Balaban J connectivity index is 1.65. The zero-order chi connectivity index (χ0) is 18.7. The Kier molecular flexibility index (Phi) is 5.21. The van der Waals surface area contributed by atoms with Crippen LogP contribution in [0.15, 0.2) is 41.8 Å². The van der Waals surface area contributed by atoms with Crippen molar-refractivity contribution in [3.05, 3.63) is 58.2 Å². The molecule has 3 rings (SSSR count). The standard InChI is InChI=1S/C16H18N6O3S/c1-11-5-4-6-14(7-11)25-12(2)15-18-19-16(20(15)3)26-10-21-9-13(8-17-21)22(23)24/h4-9,12H,10H2,1-3H3. The molecule has 1 aromatic carbocycles. The lowest BCUT2D eigenvalue weighted by molar-refractivity contribution is -0.385. The van der Waals surface area contributed by atoms with E-state index in [1.165, 1.54) is 28.8 Å². The van der Waals surface area contributed by atoms with E-state index in [1.54, 1.807) is 0 Å². The second-order valence-electron chi connectivity index (χ2n) is 5.74. The molecule has 1 unspecified atom stereocenters. The highest BCUT2D eigenvalue weighted by Gasteiger charge is 2.18. The van der Waals surface area contributed by atoms with Crippen LogP contribution in [0.3, 0.4) is 0 Å². The summed E-state index contributed by atoms with van der Waals surface area (Å²) in [5, 5.41) is 23.7. The van der Waals surface area contributed by atoms with Crippen molar-refractivity contribution in [2.24, 2.45) is 7.05 Å². The van der Waals surface area contributed by atoms with Gasteiger partial charge in [0.2, 0.25) is 0 Å². The van der Waals surface area contributed by atoms with Crippen molar-refractivity contribution in [1.29, 1.82) is 0 Å². The van der Waals surface area contributed by atoms with Crippen LogP contribution in [0.25, 0.3) is 0 Å². The third-order valence-electron chi connectivity index (χ3n) is 3.69. The van der Waals surface area contributed by atoms with Gasteiger partial charge in [0.05, 0.1) is 10.8 Å². The SMILES string of the molecule is Cc1cccc(OC(C)c2nnc(SCn3cc([N+](=O)[O-])cn3)n2C)c1. The molecule has 0 amide bonds. The maximum Gasteiger partial charge on any atom is 0.307 e. The fourth-order valence-corrected chi connectivity index (χ4v) is 3.17. The van der Waals surface area contributed by atoms with Crippen molar-refractivity contribution in [2.45, 2.75) is 31.0 Å². The Morgan fingerprint density at radius 2 is 2.19 bits per heavy atom. The van der Waals surface area contributed by atoms with Crippen LogP contribution in [0.2, 0.25) is 0 Å². The first-order chi connectivity index (χ1) is 12.4. The third-order valence-corrected chi connectivity index (χ3v) is 4.70. The third kappa shape index (κ3) is 4.02. The van der Waals surface area contributed by atoms with Gasteiger partial charge in [0.15, 0.2) is 17.1 Å². The molecule has 9 nitrogen and oxygen atoms in total.